The van der Waals surface area contributed by atoms with E-state index in [2.05, 4.69) is 20.8 Å². The minimum absolute atomic E-state index is 0. The van der Waals surface area contributed by atoms with E-state index in [-0.39, 0.29) is 24.4 Å². The van der Waals surface area contributed by atoms with Gasteiger partial charge in [0.1, 0.15) is 0 Å². The second-order valence-corrected chi connectivity index (χ2v) is 5.65. The topological polar surface area (TPSA) is 55.6 Å². The first-order chi connectivity index (χ1) is 8.54. The number of piperidine rings is 1. The predicted octanol–water partition coefficient (Wildman–Crippen LogP) is 2.20. The summed E-state index contributed by atoms with van der Waals surface area (Å²) in [4.78, 5) is 13.9. The van der Waals surface area contributed by atoms with Crippen molar-refractivity contribution in [3.05, 3.63) is 0 Å². The lowest BCUT2D eigenvalue weighted by atomic mass is 10.1. The predicted molar refractivity (Wildman–Crippen MR) is 80.5 cm³/mol. The van der Waals surface area contributed by atoms with Gasteiger partial charge in [-0.1, -0.05) is 27.2 Å². The van der Waals surface area contributed by atoms with Crippen molar-refractivity contribution in [1.82, 2.24) is 4.90 Å². The van der Waals surface area contributed by atoms with Crippen molar-refractivity contribution in [1.29, 1.82) is 0 Å². The fourth-order valence-electron chi connectivity index (χ4n) is 2.24. The molecular weight excluding hydrogens is 264 g/mol. The molecule has 1 aliphatic rings. The lowest BCUT2D eigenvalue weighted by Gasteiger charge is -2.33. The molecule has 5 heteroatoms. The number of likely N-dealkylation sites (tertiary alicyclic amines) is 1. The zero-order valence-corrected chi connectivity index (χ0v) is 13.2. The summed E-state index contributed by atoms with van der Waals surface area (Å²) in [6, 6.07) is -0.317. The van der Waals surface area contributed by atoms with E-state index in [9.17, 15) is 4.79 Å². The molecule has 1 unspecified atom stereocenters. The molecule has 114 valence electrons. The zero-order valence-electron chi connectivity index (χ0n) is 12.4. The molecule has 2 N–H and O–H groups in total. The van der Waals surface area contributed by atoms with Gasteiger partial charge in [0.15, 0.2) is 0 Å². The SMILES string of the molecule is CCCC(N)C(=O)N1CCC(OCC(C)C)CC1.Cl. The maximum Gasteiger partial charge on any atom is 0.239 e. The van der Waals surface area contributed by atoms with Crippen LogP contribution < -0.4 is 5.73 Å². The van der Waals surface area contributed by atoms with Gasteiger partial charge < -0.3 is 15.4 Å². The molecule has 0 aliphatic carbocycles. The number of nitrogens with two attached hydrogens (primary N) is 1. The molecule has 0 bridgehead atoms. The molecule has 1 amide bonds. The van der Waals surface area contributed by atoms with Crippen LogP contribution in [0.1, 0.15) is 46.5 Å². The van der Waals surface area contributed by atoms with E-state index >= 15 is 0 Å². The first-order valence-corrected chi connectivity index (χ1v) is 7.20. The fraction of sp³-hybridized carbons (Fsp3) is 0.929. The van der Waals surface area contributed by atoms with Crippen molar-refractivity contribution < 1.29 is 9.53 Å². The van der Waals surface area contributed by atoms with Gasteiger partial charge in [-0.15, -0.1) is 12.4 Å². The summed E-state index contributed by atoms with van der Waals surface area (Å²) in [5.41, 5.74) is 5.87. The minimum Gasteiger partial charge on any atom is -0.378 e. The van der Waals surface area contributed by atoms with Crippen molar-refractivity contribution in [2.75, 3.05) is 19.7 Å². The van der Waals surface area contributed by atoms with Crippen LogP contribution in [-0.2, 0) is 9.53 Å². The smallest absolute Gasteiger partial charge is 0.239 e. The average molecular weight is 293 g/mol. The second-order valence-electron chi connectivity index (χ2n) is 5.65. The van der Waals surface area contributed by atoms with Gasteiger partial charge in [-0.3, -0.25) is 4.79 Å². The average Bonchev–Trinajstić information content (AvgIpc) is 2.36. The Bertz CT molecular complexity index is 254. The zero-order chi connectivity index (χ0) is 13.5. The van der Waals surface area contributed by atoms with Crippen LogP contribution >= 0.6 is 12.4 Å². The Kier molecular flexibility index (Phi) is 9.40. The molecule has 1 heterocycles. The molecule has 1 saturated heterocycles. The standard InChI is InChI=1S/C14H28N2O2.ClH/c1-4-5-13(15)14(17)16-8-6-12(7-9-16)18-10-11(2)3;/h11-13H,4-10,15H2,1-3H3;1H. The highest BCUT2D eigenvalue weighted by Crippen LogP contribution is 2.16. The number of ether oxygens (including phenoxy) is 1. The molecule has 0 aromatic heterocycles. The maximum atomic E-state index is 12.0. The molecule has 0 aromatic carbocycles. The van der Waals surface area contributed by atoms with Gasteiger partial charge in [0.05, 0.1) is 12.1 Å². The van der Waals surface area contributed by atoms with Gasteiger partial charge in [-0.05, 0) is 25.2 Å². The van der Waals surface area contributed by atoms with Crippen LogP contribution in [0.3, 0.4) is 0 Å². The summed E-state index contributed by atoms with van der Waals surface area (Å²) in [5.74, 6) is 0.682. The summed E-state index contributed by atoms with van der Waals surface area (Å²) in [6.45, 7) is 8.76. The number of hydrogen-bond donors (Lipinski definition) is 1. The van der Waals surface area contributed by atoms with E-state index in [4.69, 9.17) is 10.5 Å². The molecule has 1 fully saturated rings. The molecule has 1 rings (SSSR count). The molecule has 1 aliphatic heterocycles. The van der Waals surface area contributed by atoms with Crippen LogP contribution in [0.25, 0.3) is 0 Å². The van der Waals surface area contributed by atoms with Crippen LogP contribution in [0.5, 0.6) is 0 Å². The quantitative estimate of drug-likeness (QED) is 0.816. The second kappa shape index (κ2) is 9.56. The van der Waals surface area contributed by atoms with Gasteiger partial charge in [-0.25, -0.2) is 0 Å². The molecule has 0 radical (unpaired) electrons. The molecule has 0 aromatic rings. The van der Waals surface area contributed by atoms with Gasteiger partial charge in [0.2, 0.25) is 5.91 Å². The Balaban J connectivity index is 0.00000324. The molecule has 4 nitrogen and oxygen atoms in total. The van der Waals surface area contributed by atoms with E-state index in [1.54, 1.807) is 0 Å². The number of hydrogen-bond acceptors (Lipinski definition) is 3. The van der Waals surface area contributed by atoms with Crippen molar-refractivity contribution in [3.63, 3.8) is 0 Å². The van der Waals surface area contributed by atoms with Crippen LogP contribution in [-0.4, -0.2) is 42.6 Å². The van der Waals surface area contributed by atoms with Gasteiger partial charge >= 0.3 is 0 Å². The Morgan fingerprint density at radius 1 is 1.37 bits per heavy atom. The first kappa shape index (κ1) is 18.7. The Morgan fingerprint density at radius 3 is 2.42 bits per heavy atom. The molecule has 19 heavy (non-hydrogen) atoms. The van der Waals surface area contributed by atoms with Crippen molar-refractivity contribution >= 4 is 18.3 Å². The number of rotatable bonds is 6. The van der Waals surface area contributed by atoms with Gasteiger partial charge in [0, 0.05) is 19.7 Å². The largest absolute Gasteiger partial charge is 0.378 e. The third kappa shape index (κ3) is 6.59. The van der Waals surface area contributed by atoms with E-state index in [1.807, 2.05) is 4.90 Å². The molecule has 0 spiro atoms. The van der Waals surface area contributed by atoms with Gasteiger partial charge in [-0.2, -0.15) is 0 Å². The van der Waals surface area contributed by atoms with E-state index in [0.717, 1.165) is 45.4 Å². The van der Waals surface area contributed by atoms with E-state index in [1.165, 1.54) is 0 Å². The lowest BCUT2D eigenvalue weighted by molar-refractivity contribution is -0.135. The Hall–Kier alpha value is -0.320. The Morgan fingerprint density at radius 2 is 1.95 bits per heavy atom. The first-order valence-electron chi connectivity index (χ1n) is 7.20. The molecule has 1 atom stereocenters. The summed E-state index contributed by atoms with van der Waals surface area (Å²) >= 11 is 0. The van der Waals surface area contributed by atoms with Gasteiger partial charge in [0.25, 0.3) is 0 Å². The summed E-state index contributed by atoms with van der Waals surface area (Å²) in [6.07, 6.45) is 3.94. The van der Waals surface area contributed by atoms with Crippen LogP contribution in [0.2, 0.25) is 0 Å². The third-order valence-corrected chi connectivity index (χ3v) is 3.34. The van der Waals surface area contributed by atoms with E-state index < -0.39 is 0 Å². The van der Waals surface area contributed by atoms with Crippen LogP contribution in [0, 0.1) is 5.92 Å². The number of carbonyl (C=O) groups excluding carboxylic acids is 1. The summed E-state index contributed by atoms with van der Waals surface area (Å²) < 4.78 is 5.81. The maximum absolute atomic E-state index is 12.0. The molecular formula is C14H29ClN2O2. The molecule has 0 saturated carbocycles. The van der Waals surface area contributed by atoms with Crippen LogP contribution in [0.15, 0.2) is 0 Å². The van der Waals surface area contributed by atoms with E-state index in [0.29, 0.717) is 12.0 Å². The highest BCUT2D eigenvalue weighted by atomic mass is 35.5. The third-order valence-electron chi connectivity index (χ3n) is 3.34. The summed E-state index contributed by atoms with van der Waals surface area (Å²) in [5, 5.41) is 0. The number of amides is 1. The number of carbonyl (C=O) groups is 1. The number of nitrogens with zero attached hydrogens (tertiary/aromatic N) is 1. The van der Waals surface area contributed by atoms with Crippen LogP contribution in [0.4, 0.5) is 0 Å². The van der Waals surface area contributed by atoms with Crippen molar-refractivity contribution in [3.8, 4) is 0 Å². The highest BCUT2D eigenvalue weighted by molar-refractivity contribution is 5.85. The number of halogens is 1. The van der Waals surface area contributed by atoms with Crippen molar-refractivity contribution in [2.24, 2.45) is 11.7 Å². The highest BCUT2D eigenvalue weighted by Gasteiger charge is 2.26. The summed E-state index contributed by atoms with van der Waals surface area (Å²) in [7, 11) is 0. The lowest BCUT2D eigenvalue weighted by Crippen LogP contribution is -2.48. The van der Waals surface area contributed by atoms with Crippen molar-refractivity contribution in [2.45, 2.75) is 58.6 Å². The Labute approximate surface area is 123 Å². The monoisotopic (exact) mass is 292 g/mol. The normalized spacial score (nSPS) is 18.3. The fourth-order valence-corrected chi connectivity index (χ4v) is 2.24. The minimum atomic E-state index is -0.317.